The van der Waals surface area contributed by atoms with Gasteiger partial charge < -0.3 is 5.32 Å². The zero-order valence-electron chi connectivity index (χ0n) is 14.3. The molecule has 0 unspecified atom stereocenters. The lowest BCUT2D eigenvalue weighted by Gasteiger charge is -2.27. The molecule has 0 saturated carbocycles. The third kappa shape index (κ3) is 3.98. The molecule has 0 spiro atoms. The number of rotatable bonds is 4. The van der Waals surface area contributed by atoms with E-state index < -0.39 is 21.8 Å². The summed E-state index contributed by atoms with van der Waals surface area (Å²) in [6.45, 7) is 1.44. The van der Waals surface area contributed by atoms with Crippen molar-refractivity contribution in [2.24, 2.45) is 5.10 Å². The molecule has 26 heavy (non-hydrogen) atoms. The van der Waals surface area contributed by atoms with Crippen molar-refractivity contribution < 1.29 is 22.8 Å². The lowest BCUT2D eigenvalue weighted by atomic mass is 10.1. The highest BCUT2D eigenvalue weighted by Gasteiger charge is 2.37. The second-order valence-electron chi connectivity index (χ2n) is 6.43. The van der Waals surface area contributed by atoms with Crippen molar-refractivity contribution >= 4 is 38.8 Å². The highest BCUT2D eigenvalue weighted by Crippen LogP contribution is 2.22. The Bertz CT molecular complexity index is 907. The summed E-state index contributed by atoms with van der Waals surface area (Å²) < 4.78 is 23.3. The lowest BCUT2D eigenvalue weighted by Crippen LogP contribution is -2.42. The van der Waals surface area contributed by atoms with E-state index in [9.17, 15) is 22.8 Å². The monoisotopic (exact) mass is 377 g/mol. The van der Waals surface area contributed by atoms with Crippen molar-refractivity contribution in [2.45, 2.75) is 32.2 Å². The van der Waals surface area contributed by atoms with Gasteiger partial charge in [-0.05, 0) is 25.5 Å². The van der Waals surface area contributed by atoms with Gasteiger partial charge in [0, 0.05) is 24.1 Å². The third-order valence-electron chi connectivity index (χ3n) is 4.40. The Hall–Kier alpha value is -2.55. The number of hydrogen-bond donors (Lipinski definition) is 1. The number of benzene rings is 1. The number of amides is 2. The SMILES string of the molecule is CC(=O)c1cccc(NC(=O)C2=NN([C@@H]3CCS(=O)(=O)C3)C(=O)CC2)c1. The Balaban J connectivity index is 1.76. The van der Waals surface area contributed by atoms with Crippen molar-refractivity contribution in [3.05, 3.63) is 29.8 Å². The van der Waals surface area contributed by atoms with E-state index in [2.05, 4.69) is 10.4 Å². The molecule has 1 N–H and O–H groups in total. The summed E-state index contributed by atoms with van der Waals surface area (Å²) in [5.41, 5.74) is 1.10. The molecule has 2 aliphatic rings. The summed E-state index contributed by atoms with van der Waals surface area (Å²) in [5.74, 6) is -0.963. The van der Waals surface area contributed by atoms with Crippen molar-refractivity contribution in [1.29, 1.82) is 0 Å². The van der Waals surface area contributed by atoms with Crippen molar-refractivity contribution in [3.63, 3.8) is 0 Å². The molecule has 0 radical (unpaired) electrons. The van der Waals surface area contributed by atoms with Crippen LogP contribution >= 0.6 is 0 Å². The number of ketones is 1. The smallest absolute Gasteiger partial charge is 0.271 e. The number of carbonyl (C=O) groups excluding carboxylic acids is 3. The summed E-state index contributed by atoms with van der Waals surface area (Å²) in [6, 6.07) is 6.01. The van der Waals surface area contributed by atoms with Gasteiger partial charge in [-0.1, -0.05) is 12.1 Å². The van der Waals surface area contributed by atoms with Crippen molar-refractivity contribution in [1.82, 2.24) is 5.01 Å². The van der Waals surface area contributed by atoms with Gasteiger partial charge in [-0.25, -0.2) is 13.4 Å². The molecule has 2 amide bonds. The summed E-state index contributed by atoms with van der Waals surface area (Å²) in [7, 11) is -3.16. The van der Waals surface area contributed by atoms with Gasteiger partial charge in [0.1, 0.15) is 5.71 Å². The Labute approximate surface area is 151 Å². The predicted octanol–water partition coefficient (Wildman–Crippen LogP) is 0.993. The Morgan fingerprint density at radius 2 is 2.04 bits per heavy atom. The molecule has 0 bridgehead atoms. The zero-order valence-corrected chi connectivity index (χ0v) is 15.1. The Morgan fingerprint density at radius 1 is 1.27 bits per heavy atom. The molecule has 1 saturated heterocycles. The molecule has 0 aliphatic carbocycles. The molecule has 8 nitrogen and oxygen atoms in total. The highest BCUT2D eigenvalue weighted by atomic mass is 32.2. The molecule has 3 rings (SSSR count). The minimum atomic E-state index is -3.16. The van der Waals surface area contributed by atoms with E-state index in [1.165, 1.54) is 6.92 Å². The maximum Gasteiger partial charge on any atom is 0.271 e. The molecule has 1 atom stereocenters. The Morgan fingerprint density at radius 3 is 2.69 bits per heavy atom. The molecule has 2 heterocycles. The van der Waals surface area contributed by atoms with Gasteiger partial charge in [0.25, 0.3) is 5.91 Å². The van der Waals surface area contributed by atoms with Gasteiger partial charge in [-0.2, -0.15) is 5.10 Å². The standard InChI is InChI=1S/C17H19N3O5S/c1-11(21)12-3-2-4-13(9-12)18-17(23)15-5-6-16(22)20(19-15)14-7-8-26(24,25)10-14/h2-4,9,14H,5-8,10H2,1H3,(H,18,23)/t14-/m1/s1. The summed E-state index contributed by atoms with van der Waals surface area (Å²) >= 11 is 0. The van der Waals surface area contributed by atoms with Crippen molar-refractivity contribution in [3.8, 4) is 0 Å². The van der Waals surface area contributed by atoms with E-state index in [0.29, 0.717) is 17.7 Å². The second kappa shape index (κ2) is 6.99. The fourth-order valence-electron chi connectivity index (χ4n) is 3.01. The third-order valence-corrected chi connectivity index (χ3v) is 6.15. The van der Waals surface area contributed by atoms with Crippen LogP contribution in [0.25, 0.3) is 0 Å². The van der Waals surface area contributed by atoms with Gasteiger partial charge in [0.05, 0.1) is 17.5 Å². The normalized spacial score (nSPS) is 22.0. The van der Waals surface area contributed by atoms with Crippen LogP contribution in [0.5, 0.6) is 0 Å². The minimum absolute atomic E-state index is 0.0241. The largest absolute Gasteiger partial charge is 0.321 e. The lowest BCUT2D eigenvalue weighted by molar-refractivity contribution is -0.133. The van der Waals surface area contributed by atoms with Gasteiger partial charge in [-0.15, -0.1) is 0 Å². The predicted molar refractivity (Wildman–Crippen MR) is 95.7 cm³/mol. The van der Waals surface area contributed by atoms with Gasteiger partial charge in [0.2, 0.25) is 5.91 Å². The molecule has 1 aromatic rings. The first kappa shape index (κ1) is 18.2. The van der Waals surface area contributed by atoms with Crippen LogP contribution in [-0.4, -0.2) is 54.3 Å². The quantitative estimate of drug-likeness (QED) is 0.786. The van der Waals surface area contributed by atoms with E-state index >= 15 is 0 Å². The van der Waals surface area contributed by atoms with E-state index in [0.717, 1.165) is 5.01 Å². The number of anilines is 1. The second-order valence-corrected chi connectivity index (χ2v) is 8.66. The number of nitrogens with zero attached hydrogens (tertiary/aromatic N) is 2. The Kier molecular flexibility index (Phi) is 4.90. The van der Waals surface area contributed by atoms with Gasteiger partial charge in [-0.3, -0.25) is 14.4 Å². The van der Waals surface area contributed by atoms with Crippen molar-refractivity contribution in [2.75, 3.05) is 16.8 Å². The minimum Gasteiger partial charge on any atom is -0.321 e. The van der Waals surface area contributed by atoms with Crippen LogP contribution in [0.2, 0.25) is 0 Å². The molecule has 2 aliphatic heterocycles. The van der Waals surface area contributed by atoms with E-state index in [-0.39, 0.29) is 41.7 Å². The molecular formula is C17H19N3O5S. The molecule has 1 fully saturated rings. The molecule has 138 valence electrons. The first-order valence-electron chi connectivity index (χ1n) is 8.27. The fourth-order valence-corrected chi connectivity index (χ4v) is 4.70. The number of hydrazone groups is 1. The maximum absolute atomic E-state index is 12.5. The van der Waals surface area contributed by atoms with Crippen LogP contribution in [0, 0.1) is 0 Å². The number of nitrogens with one attached hydrogen (secondary N) is 1. The van der Waals surface area contributed by atoms with Crippen LogP contribution in [0.3, 0.4) is 0 Å². The first-order chi connectivity index (χ1) is 12.2. The average molecular weight is 377 g/mol. The van der Waals surface area contributed by atoms with Crippen LogP contribution in [0.15, 0.2) is 29.4 Å². The fraction of sp³-hybridized carbons (Fsp3) is 0.412. The van der Waals surface area contributed by atoms with Crippen LogP contribution in [-0.2, 0) is 19.4 Å². The van der Waals surface area contributed by atoms with Crippen LogP contribution in [0.1, 0.15) is 36.5 Å². The molecule has 0 aromatic heterocycles. The molecule has 1 aromatic carbocycles. The average Bonchev–Trinajstić information content (AvgIpc) is 2.95. The summed E-state index contributed by atoms with van der Waals surface area (Å²) in [4.78, 5) is 36.0. The summed E-state index contributed by atoms with van der Waals surface area (Å²) in [6.07, 6.45) is 0.621. The number of sulfone groups is 1. The van der Waals surface area contributed by atoms with Gasteiger partial charge in [0.15, 0.2) is 15.6 Å². The number of carbonyl (C=O) groups is 3. The highest BCUT2D eigenvalue weighted by molar-refractivity contribution is 7.91. The van der Waals surface area contributed by atoms with E-state index in [1.807, 2.05) is 0 Å². The van der Waals surface area contributed by atoms with Crippen LogP contribution < -0.4 is 5.32 Å². The van der Waals surface area contributed by atoms with Crippen LogP contribution in [0.4, 0.5) is 5.69 Å². The topological polar surface area (TPSA) is 113 Å². The number of hydrogen-bond acceptors (Lipinski definition) is 6. The van der Waals surface area contributed by atoms with Gasteiger partial charge >= 0.3 is 0 Å². The zero-order chi connectivity index (χ0) is 18.9. The number of Topliss-reactive ketones (excluding diaryl/α,β-unsaturated/α-hetero) is 1. The van der Waals surface area contributed by atoms with E-state index in [4.69, 9.17) is 0 Å². The molecule has 9 heteroatoms. The first-order valence-corrected chi connectivity index (χ1v) is 10.1. The molecular weight excluding hydrogens is 358 g/mol. The van der Waals surface area contributed by atoms with E-state index in [1.54, 1.807) is 24.3 Å². The summed E-state index contributed by atoms with van der Waals surface area (Å²) in [5, 5.41) is 7.94. The maximum atomic E-state index is 12.5.